The topological polar surface area (TPSA) is 78.9 Å². The van der Waals surface area contributed by atoms with Crippen LogP contribution < -0.4 is 16.0 Å². The van der Waals surface area contributed by atoms with Crippen LogP contribution in [0.5, 0.6) is 5.75 Å². The van der Waals surface area contributed by atoms with E-state index >= 15 is 0 Å². The minimum Gasteiger partial charge on any atom is -0.460 e. The first-order valence-electron chi connectivity index (χ1n) is 10.2. The number of hydrogen-bond donors (Lipinski definition) is 0. The number of fused-ring (bicyclic) bond motifs is 4. The minimum absolute atomic E-state index is 0.258. The van der Waals surface area contributed by atoms with Gasteiger partial charge in [-0.2, -0.15) is 0 Å². The van der Waals surface area contributed by atoms with Crippen LogP contribution in [0.1, 0.15) is 30.8 Å². The van der Waals surface area contributed by atoms with E-state index < -0.39 is 17.5 Å². The van der Waals surface area contributed by atoms with Gasteiger partial charge in [0.15, 0.2) is 5.76 Å². The van der Waals surface area contributed by atoms with E-state index in [4.69, 9.17) is 18.3 Å². The zero-order valence-electron chi connectivity index (χ0n) is 17.1. The Kier molecular flexibility index (Phi) is 4.71. The van der Waals surface area contributed by atoms with Gasteiger partial charge in [-0.15, -0.1) is 0 Å². The largest absolute Gasteiger partial charge is 0.460 e. The Morgan fingerprint density at radius 3 is 2.61 bits per heavy atom. The molecule has 0 N–H and O–H groups in total. The fourth-order valence-corrected chi connectivity index (χ4v) is 3.84. The predicted octanol–water partition coefficient (Wildman–Crippen LogP) is 5.21. The number of benzene rings is 2. The van der Waals surface area contributed by atoms with E-state index in [0.29, 0.717) is 45.8 Å². The molecule has 0 bridgehead atoms. The van der Waals surface area contributed by atoms with E-state index in [1.807, 2.05) is 50.2 Å². The first-order chi connectivity index (χ1) is 15.0. The Balaban J connectivity index is 1.76. The molecule has 0 fully saturated rings. The van der Waals surface area contributed by atoms with Crippen LogP contribution in [0.4, 0.5) is 0 Å². The molecule has 0 radical (unpaired) electrons. The van der Waals surface area contributed by atoms with Crippen LogP contribution in [-0.2, 0) is 4.74 Å². The van der Waals surface area contributed by atoms with E-state index in [-0.39, 0.29) is 5.56 Å². The van der Waals surface area contributed by atoms with Crippen LogP contribution in [0.2, 0.25) is 0 Å². The molecule has 6 heteroatoms. The van der Waals surface area contributed by atoms with Gasteiger partial charge in [-0.25, -0.2) is 9.59 Å². The summed E-state index contributed by atoms with van der Waals surface area (Å²) in [5, 5.41) is 0.653. The van der Waals surface area contributed by atoms with Gasteiger partial charge < -0.3 is 18.3 Å². The molecule has 2 aromatic carbocycles. The maximum Gasteiger partial charge on any atom is 0.344 e. The Morgan fingerprint density at radius 1 is 0.935 bits per heavy atom. The zero-order chi connectivity index (χ0) is 21.5. The molecule has 0 spiro atoms. The summed E-state index contributed by atoms with van der Waals surface area (Å²) in [5.74, 6) is 1.01. The molecule has 3 heterocycles. The van der Waals surface area contributed by atoms with E-state index in [2.05, 4.69) is 0 Å². The summed E-state index contributed by atoms with van der Waals surface area (Å²) in [6.45, 7) is 4.40. The molecule has 5 rings (SSSR count). The van der Waals surface area contributed by atoms with Crippen molar-refractivity contribution in [2.75, 3.05) is 6.61 Å². The molecule has 31 heavy (non-hydrogen) atoms. The standard InChI is InChI=1S/C25H20O6/c1-3-10-28-25-19-12-18(17-13-22(26)29-21-11-14(2)8-9-15(17)21)24(27)31-23(19)16-6-4-5-7-20(16)30-25/h4-9,11-13,25H,3,10H2,1-2H3. The van der Waals surface area contributed by atoms with Crippen molar-refractivity contribution in [3.8, 4) is 28.2 Å². The normalized spacial score (nSPS) is 14.7. The van der Waals surface area contributed by atoms with Crippen LogP contribution in [0, 0.1) is 6.92 Å². The second kappa shape index (κ2) is 7.56. The van der Waals surface area contributed by atoms with Crippen molar-refractivity contribution in [3.63, 3.8) is 0 Å². The van der Waals surface area contributed by atoms with Crippen molar-refractivity contribution in [3.05, 3.63) is 86.6 Å². The highest BCUT2D eigenvalue weighted by Gasteiger charge is 2.30. The SMILES string of the molecule is CCCOC1Oc2ccccc2-c2oc(=O)c(-c3cc(=O)oc4cc(C)ccc34)cc21. The third-order valence-electron chi connectivity index (χ3n) is 5.26. The Labute approximate surface area is 177 Å². The summed E-state index contributed by atoms with van der Waals surface area (Å²) in [4.78, 5) is 25.3. The van der Waals surface area contributed by atoms with Gasteiger partial charge >= 0.3 is 11.3 Å². The summed E-state index contributed by atoms with van der Waals surface area (Å²) in [5.41, 5.74) is 2.29. The van der Waals surface area contributed by atoms with Gasteiger partial charge in [0.25, 0.3) is 0 Å². The highest BCUT2D eigenvalue weighted by atomic mass is 16.7. The molecule has 1 unspecified atom stereocenters. The quantitative estimate of drug-likeness (QED) is 0.425. The van der Waals surface area contributed by atoms with E-state index in [9.17, 15) is 9.59 Å². The lowest BCUT2D eigenvalue weighted by Crippen LogP contribution is -2.20. The molecule has 0 saturated heterocycles. The molecule has 1 atom stereocenters. The number of rotatable bonds is 4. The van der Waals surface area contributed by atoms with Gasteiger partial charge in [0.05, 0.1) is 23.3 Å². The molecule has 1 aliphatic rings. The first-order valence-corrected chi connectivity index (χ1v) is 10.2. The molecular formula is C25H20O6. The van der Waals surface area contributed by atoms with Crippen LogP contribution in [0.15, 0.2) is 73.0 Å². The number of aryl methyl sites for hydroxylation is 1. The molecule has 2 aromatic heterocycles. The second-order valence-corrected chi connectivity index (χ2v) is 7.53. The third-order valence-corrected chi connectivity index (χ3v) is 5.26. The number of para-hydroxylation sites is 1. The van der Waals surface area contributed by atoms with Crippen molar-refractivity contribution in [2.24, 2.45) is 0 Å². The lowest BCUT2D eigenvalue weighted by atomic mass is 9.97. The molecule has 0 aliphatic carbocycles. The average Bonchev–Trinajstić information content (AvgIpc) is 2.76. The molecule has 1 aliphatic heterocycles. The van der Waals surface area contributed by atoms with Gasteiger partial charge in [-0.3, -0.25) is 0 Å². The predicted molar refractivity (Wildman–Crippen MR) is 116 cm³/mol. The molecule has 0 amide bonds. The second-order valence-electron chi connectivity index (χ2n) is 7.53. The summed E-state index contributed by atoms with van der Waals surface area (Å²) in [6.07, 6.45) is 0.0890. The van der Waals surface area contributed by atoms with E-state index in [1.165, 1.54) is 6.07 Å². The van der Waals surface area contributed by atoms with E-state index in [0.717, 1.165) is 12.0 Å². The Hall–Kier alpha value is -3.64. The van der Waals surface area contributed by atoms with Crippen molar-refractivity contribution in [1.29, 1.82) is 0 Å². The van der Waals surface area contributed by atoms with Crippen LogP contribution >= 0.6 is 0 Å². The molecule has 0 saturated carbocycles. The highest BCUT2D eigenvalue weighted by molar-refractivity contribution is 5.93. The van der Waals surface area contributed by atoms with Crippen LogP contribution in [0.25, 0.3) is 33.4 Å². The van der Waals surface area contributed by atoms with Gasteiger partial charge in [-0.05, 0) is 43.2 Å². The van der Waals surface area contributed by atoms with E-state index in [1.54, 1.807) is 12.1 Å². The van der Waals surface area contributed by atoms with Crippen molar-refractivity contribution >= 4 is 11.0 Å². The maximum absolute atomic E-state index is 13.1. The van der Waals surface area contributed by atoms with Gasteiger partial charge in [-0.1, -0.05) is 31.2 Å². The summed E-state index contributed by atoms with van der Waals surface area (Å²) >= 11 is 0. The lowest BCUT2D eigenvalue weighted by molar-refractivity contribution is -0.0859. The van der Waals surface area contributed by atoms with Crippen LogP contribution in [-0.4, -0.2) is 6.61 Å². The van der Waals surface area contributed by atoms with Crippen molar-refractivity contribution < 1.29 is 18.3 Å². The summed E-state index contributed by atoms with van der Waals surface area (Å²) in [7, 11) is 0. The third kappa shape index (κ3) is 3.35. The zero-order valence-corrected chi connectivity index (χ0v) is 17.1. The molecule has 156 valence electrons. The summed E-state index contributed by atoms with van der Waals surface area (Å²) in [6, 6.07) is 15.9. The monoisotopic (exact) mass is 416 g/mol. The molecular weight excluding hydrogens is 396 g/mol. The fourth-order valence-electron chi connectivity index (χ4n) is 3.84. The van der Waals surface area contributed by atoms with Gasteiger partial charge in [0.2, 0.25) is 6.29 Å². The van der Waals surface area contributed by atoms with Crippen molar-refractivity contribution in [2.45, 2.75) is 26.6 Å². The van der Waals surface area contributed by atoms with Gasteiger partial charge in [0.1, 0.15) is 11.3 Å². The van der Waals surface area contributed by atoms with Crippen molar-refractivity contribution in [1.82, 2.24) is 0 Å². The molecule has 4 aromatic rings. The average molecular weight is 416 g/mol. The van der Waals surface area contributed by atoms with Gasteiger partial charge in [0, 0.05) is 17.0 Å². The maximum atomic E-state index is 13.1. The number of ether oxygens (including phenoxy) is 2. The smallest absolute Gasteiger partial charge is 0.344 e. The first kappa shape index (κ1) is 19.3. The minimum atomic E-state index is -0.721. The van der Waals surface area contributed by atoms with Crippen LogP contribution in [0.3, 0.4) is 0 Å². The fraction of sp³-hybridized carbons (Fsp3) is 0.200. The Morgan fingerprint density at radius 2 is 1.77 bits per heavy atom. The molecule has 6 nitrogen and oxygen atoms in total. The number of hydrogen-bond acceptors (Lipinski definition) is 6. The Bertz CT molecular complexity index is 1410. The summed E-state index contributed by atoms with van der Waals surface area (Å²) < 4.78 is 23.1. The highest BCUT2D eigenvalue weighted by Crippen LogP contribution is 2.43. The lowest BCUT2D eigenvalue weighted by Gasteiger charge is -2.27.